The lowest BCUT2D eigenvalue weighted by Gasteiger charge is -2.22. The van der Waals surface area contributed by atoms with Crippen LogP contribution in [0.3, 0.4) is 0 Å². The lowest BCUT2D eigenvalue weighted by Crippen LogP contribution is -2.50. The van der Waals surface area contributed by atoms with Crippen LogP contribution in [0.1, 0.15) is 19.4 Å². The first-order valence-electron chi connectivity index (χ1n) is 4.96. The van der Waals surface area contributed by atoms with E-state index in [1.165, 1.54) is 0 Å². The van der Waals surface area contributed by atoms with E-state index in [1.54, 1.807) is 13.8 Å². The van der Waals surface area contributed by atoms with Gasteiger partial charge in [-0.05, 0) is 31.5 Å². The van der Waals surface area contributed by atoms with Gasteiger partial charge in [0.15, 0.2) is 17.4 Å². The second-order valence-electron chi connectivity index (χ2n) is 4.25. The van der Waals surface area contributed by atoms with Gasteiger partial charge in [-0.25, -0.2) is 8.78 Å². The summed E-state index contributed by atoms with van der Waals surface area (Å²) in [7, 11) is 0. The Balaban J connectivity index is 2.81. The molecule has 4 N–H and O–H groups in total. The number of benzene rings is 1. The van der Waals surface area contributed by atoms with Crippen LogP contribution >= 0.6 is 0 Å². The molecule has 0 radical (unpaired) electrons. The summed E-state index contributed by atoms with van der Waals surface area (Å²) in [5.41, 5.74) is 4.42. The molecule has 94 valence electrons. The molecular weight excluding hydrogens is 230 g/mol. The lowest BCUT2D eigenvalue weighted by molar-refractivity contribution is -0.123. The molecule has 1 aromatic carbocycles. The van der Waals surface area contributed by atoms with Crippen LogP contribution in [0.4, 0.5) is 8.78 Å². The Kier molecular flexibility index (Phi) is 3.67. The molecule has 0 atom stereocenters. The number of hydrogen-bond acceptors (Lipinski definition) is 3. The first-order valence-corrected chi connectivity index (χ1v) is 4.96. The second-order valence-corrected chi connectivity index (χ2v) is 4.25. The Morgan fingerprint density at radius 1 is 1.41 bits per heavy atom. The zero-order valence-corrected chi connectivity index (χ0v) is 9.55. The van der Waals surface area contributed by atoms with E-state index in [0.29, 0.717) is 0 Å². The molecule has 0 unspecified atom stereocenters. The number of amides is 1. The third kappa shape index (κ3) is 3.13. The monoisotopic (exact) mass is 244 g/mol. The van der Waals surface area contributed by atoms with E-state index in [2.05, 4.69) is 5.32 Å². The van der Waals surface area contributed by atoms with E-state index < -0.39 is 28.8 Å². The Morgan fingerprint density at radius 2 is 1.88 bits per heavy atom. The summed E-state index contributed by atoms with van der Waals surface area (Å²) in [6.45, 7) is 3.18. The minimum absolute atomic E-state index is 0.0596. The summed E-state index contributed by atoms with van der Waals surface area (Å²) in [5, 5.41) is 11.7. The fourth-order valence-corrected chi connectivity index (χ4v) is 1.13. The Bertz CT molecular complexity index is 424. The highest BCUT2D eigenvalue weighted by Crippen LogP contribution is 2.21. The molecule has 1 aromatic rings. The first kappa shape index (κ1) is 13.4. The van der Waals surface area contributed by atoms with Crippen LogP contribution in [0.5, 0.6) is 5.75 Å². The quantitative estimate of drug-likeness (QED) is 0.740. The predicted molar refractivity (Wildman–Crippen MR) is 58.1 cm³/mol. The number of nitrogens with one attached hydrogen (secondary N) is 1. The first-order chi connectivity index (χ1) is 7.74. The van der Waals surface area contributed by atoms with E-state index in [0.717, 1.165) is 12.1 Å². The van der Waals surface area contributed by atoms with Crippen molar-refractivity contribution in [3.63, 3.8) is 0 Å². The SMILES string of the molecule is CC(C)(NCc1cc(F)c(O)c(F)c1)C(N)=O. The number of phenolic OH excluding ortho intramolecular Hbond substituents is 1. The molecule has 1 amide bonds. The molecular formula is C11H14F2N2O2. The second kappa shape index (κ2) is 4.67. The minimum atomic E-state index is -1.04. The van der Waals surface area contributed by atoms with Gasteiger partial charge >= 0.3 is 0 Å². The summed E-state index contributed by atoms with van der Waals surface area (Å²) in [4.78, 5) is 11.0. The van der Waals surface area contributed by atoms with E-state index in [9.17, 15) is 13.6 Å². The molecule has 0 fully saturated rings. The number of primary amides is 1. The van der Waals surface area contributed by atoms with Crippen LogP contribution in [0.25, 0.3) is 0 Å². The van der Waals surface area contributed by atoms with Crippen molar-refractivity contribution in [2.45, 2.75) is 25.9 Å². The Morgan fingerprint density at radius 3 is 2.29 bits per heavy atom. The molecule has 0 aliphatic rings. The van der Waals surface area contributed by atoms with Crippen molar-refractivity contribution in [1.82, 2.24) is 5.32 Å². The van der Waals surface area contributed by atoms with Gasteiger partial charge in [0, 0.05) is 6.54 Å². The maximum absolute atomic E-state index is 13.0. The van der Waals surface area contributed by atoms with Crippen LogP contribution in [-0.4, -0.2) is 16.6 Å². The van der Waals surface area contributed by atoms with Gasteiger partial charge in [0.25, 0.3) is 0 Å². The summed E-state index contributed by atoms with van der Waals surface area (Å²) in [5.74, 6) is -3.67. The van der Waals surface area contributed by atoms with Crippen molar-refractivity contribution >= 4 is 5.91 Å². The fourth-order valence-electron chi connectivity index (χ4n) is 1.13. The number of nitrogens with two attached hydrogens (primary N) is 1. The van der Waals surface area contributed by atoms with Crippen LogP contribution in [-0.2, 0) is 11.3 Å². The maximum atomic E-state index is 13.0. The molecule has 4 nitrogen and oxygen atoms in total. The molecule has 6 heteroatoms. The van der Waals surface area contributed by atoms with Crippen molar-refractivity contribution in [3.05, 3.63) is 29.3 Å². The van der Waals surface area contributed by atoms with Crippen LogP contribution in [0.2, 0.25) is 0 Å². The molecule has 1 rings (SSSR count). The third-order valence-electron chi connectivity index (χ3n) is 2.43. The highest BCUT2D eigenvalue weighted by Gasteiger charge is 2.24. The van der Waals surface area contributed by atoms with E-state index in [1.807, 2.05) is 0 Å². The third-order valence-corrected chi connectivity index (χ3v) is 2.43. The van der Waals surface area contributed by atoms with Gasteiger partial charge in [-0.3, -0.25) is 10.1 Å². The standard InChI is InChI=1S/C11H14F2N2O2/c1-11(2,10(14)17)15-5-6-3-7(12)9(16)8(13)4-6/h3-4,15-16H,5H2,1-2H3,(H2,14,17). The molecule has 0 saturated carbocycles. The highest BCUT2D eigenvalue weighted by molar-refractivity contribution is 5.83. The Labute approximate surface area is 97.4 Å². The zero-order valence-electron chi connectivity index (χ0n) is 9.55. The smallest absolute Gasteiger partial charge is 0.237 e. The van der Waals surface area contributed by atoms with Crippen molar-refractivity contribution in [1.29, 1.82) is 0 Å². The van der Waals surface area contributed by atoms with E-state index in [4.69, 9.17) is 10.8 Å². The predicted octanol–water partition coefficient (Wildman–Crippen LogP) is 1.02. The van der Waals surface area contributed by atoms with Gasteiger partial charge in [0.05, 0.1) is 5.54 Å². The molecule has 0 spiro atoms. The van der Waals surface area contributed by atoms with Gasteiger partial charge in [0.1, 0.15) is 0 Å². The van der Waals surface area contributed by atoms with Crippen LogP contribution < -0.4 is 11.1 Å². The normalized spacial score (nSPS) is 11.5. The number of phenols is 1. The van der Waals surface area contributed by atoms with Crippen molar-refractivity contribution in [2.24, 2.45) is 5.73 Å². The number of hydrogen-bond donors (Lipinski definition) is 3. The number of carbonyl (C=O) groups excluding carboxylic acids is 1. The summed E-state index contributed by atoms with van der Waals surface area (Å²) < 4.78 is 26.0. The summed E-state index contributed by atoms with van der Waals surface area (Å²) >= 11 is 0. The number of rotatable bonds is 4. The molecule has 0 aliphatic carbocycles. The molecule has 0 aromatic heterocycles. The molecule has 0 heterocycles. The molecule has 0 saturated heterocycles. The number of halogens is 2. The van der Waals surface area contributed by atoms with Gasteiger partial charge in [-0.15, -0.1) is 0 Å². The van der Waals surface area contributed by atoms with Crippen molar-refractivity contribution in [3.8, 4) is 5.75 Å². The zero-order chi connectivity index (χ0) is 13.2. The Hall–Kier alpha value is -1.69. The lowest BCUT2D eigenvalue weighted by atomic mass is 10.0. The van der Waals surface area contributed by atoms with Crippen LogP contribution in [0, 0.1) is 11.6 Å². The average molecular weight is 244 g/mol. The maximum Gasteiger partial charge on any atom is 0.237 e. The minimum Gasteiger partial charge on any atom is -0.503 e. The van der Waals surface area contributed by atoms with E-state index in [-0.39, 0.29) is 12.1 Å². The van der Waals surface area contributed by atoms with Gasteiger partial charge in [-0.1, -0.05) is 0 Å². The fraction of sp³-hybridized carbons (Fsp3) is 0.364. The topological polar surface area (TPSA) is 75.3 Å². The highest BCUT2D eigenvalue weighted by atomic mass is 19.1. The van der Waals surface area contributed by atoms with Gasteiger partial charge < -0.3 is 10.8 Å². The van der Waals surface area contributed by atoms with Crippen molar-refractivity contribution in [2.75, 3.05) is 0 Å². The summed E-state index contributed by atoms with van der Waals surface area (Å²) in [6.07, 6.45) is 0. The summed E-state index contributed by atoms with van der Waals surface area (Å²) in [6, 6.07) is 1.98. The van der Waals surface area contributed by atoms with Gasteiger partial charge in [0.2, 0.25) is 5.91 Å². The molecule has 0 aliphatic heterocycles. The molecule has 17 heavy (non-hydrogen) atoms. The van der Waals surface area contributed by atoms with E-state index >= 15 is 0 Å². The van der Waals surface area contributed by atoms with Crippen molar-refractivity contribution < 1.29 is 18.7 Å². The largest absolute Gasteiger partial charge is 0.503 e. The average Bonchev–Trinajstić information content (AvgIpc) is 2.22. The number of carbonyl (C=O) groups is 1. The van der Waals surface area contributed by atoms with Gasteiger partial charge in [-0.2, -0.15) is 0 Å². The van der Waals surface area contributed by atoms with Crippen LogP contribution in [0.15, 0.2) is 12.1 Å². The molecule has 0 bridgehead atoms. The number of aromatic hydroxyl groups is 1.